The van der Waals surface area contributed by atoms with Gasteiger partial charge in [0, 0.05) is 8.41 Å². The molecular formula is C4H4BO8. The van der Waals surface area contributed by atoms with Crippen LogP contribution in [0.4, 0.5) is 0 Å². The Labute approximate surface area is 73.0 Å². The highest BCUT2D eigenvalue weighted by atomic mass is 16.4. The van der Waals surface area contributed by atoms with E-state index in [0.717, 1.165) is 0 Å². The second-order valence-electron chi connectivity index (χ2n) is 1.22. The van der Waals surface area contributed by atoms with Crippen molar-refractivity contribution in [1.29, 1.82) is 0 Å². The largest absolute Gasteiger partial charge is 0.473 e. The van der Waals surface area contributed by atoms with Crippen LogP contribution >= 0.6 is 0 Å². The van der Waals surface area contributed by atoms with E-state index < -0.39 is 23.9 Å². The van der Waals surface area contributed by atoms with Gasteiger partial charge in [-0.1, -0.05) is 0 Å². The molecule has 8 nitrogen and oxygen atoms in total. The first-order valence-corrected chi connectivity index (χ1v) is 2.21. The maximum atomic E-state index is 9.10. The standard InChI is InChI=1S/2C2H2O4.B/c2*3-1(4)2(5)6;/h2*(H,3,4)(H,5,6);. The molecule has 0 fully saturated rings. The molecule has 0 bridgehead atoms. The molecule has 0 heterocycles. The summed E-state index contributed by atoms with van der Waals surface area (Å²) in [7, 11) is 0. The summed E-state index contributed by atoms with van der Waals surface area (Å²) in [6, 6.07) is 0. The van der Waals surface area contributed by atoms with Crippen molar-refractivity contribution in [2.75, 3.05) is 0 Å². The van der Waals surface area contributed by atoms with E-state index in [2.05, 4.69) is 0 Å². The van der Waals surface area contributed by atoms with Gasteiger partial charge in [0.2, 0.25) is 0 Å². The van der Waals surface area contributed by atoms with E-state index in [9.17, 15) is 0 Å². The summed E-state index contributed by atoms with van der Waals surface area (Å²) in [5.74, 6) is -7.30. The van der Waals surface area contributed by atoms with Gasteiger partial charge in [0.05, 0.1) is 0 Å². The fraction of sp³-hybridized carbons (Fsp3) is 0. The molecule has 0 aliphatic carbocycles. The van der Waals surface area contributed by atoms with Crippen molar-refractivity contribution in [3.05, 3.63) is 0 Å². The highest BCUT2D eigenvalue weighted by molar-refractivity contribution is 6.27. The minimum absolute atomic E-state index is 0. The smallest absolute Gasteiger partial charge is 0.414 e. The normalized spacial score (nSPS) is 6.77. The molecule has 3 radical (unpaired) electrons. The molecule has 0 saturated carbocycles. The Bertz CT molecular complexity index is 172. The van der Waals surface area contributed by atoms with E-state index in [1.54, 1.807) is 0 Å². The van der Waals surface area contributed by atoms with Crippen LogP contribution in [-0.4, -0.2) is 52.7 Å². The summed E-state index contributed by atoms with van der Waals surface area (Å²) in [6.45, 7) is 0. The van der Waals surface area contributed by atoms with Crippen molar-refractivity contribution in [2.45, 2.75) is 0 Å². The highest BCUT2D eigenvalue weighted by Gasteiger charge is 2.04. The monoisotopic (exact) mass is 191 g/mol. The van der Waals surface area contributed by atoms with E-state index in [4.69, 9.17) is 39.6 Å². The van der Waals surface area contributed by atoms with Crippen LogP contribution in [0, 0.1) is 0 Å². The van der Waals surface area contributed by atoms with Gasteiger partial charge in [-0.25, -0.2) is 19.2 Å². The molecule has 0 saturated heterocycles. The zero-order chi connectivity index (χ0) is 10.3. The first kappa shape index (κ1) is 17.1. The van der Waals surface area contributed by atoms with Crippen LogP contribution in [0.1, 0.15) is 0 Å². The van der Waals surface area contributed by atoms with Crippen molar-refractivity contribution >= 4 is 32.3 Å². The third-order valence-corrected chi connectivity index (χ3v) is 0.366. The predicted octanol–water partition coefficient (Wildman–Crippen LogP) is -2.07. The molecule has 4 N–H and O–H groups in total. The Morgan fingerprint density at radius 2 is 0.615 bits per heavy atom. The molecule has 0 aromatic carbocycles. The number of rotatable bonds is 0. The Balaban J connectivity index is -0.000000143. The third kappa shape index (κ3) is 17.8. The van der Waals surface area contributed by atoms with E-state index in [1.165, 1.54) is 0 Å². The van der Waals surface area contributed by atoms with Crippen molar-refractivity contribution in [2.24, 2.45) is 0 Å². The van der Waals surface area contributed by atoms with E-state index in [1.807, 2.05) is 0 Å². The average molecular weight is 191 g/mol. The van der Waals surface area contributed by atoms with Crippen LogP contribution in [0.25, 0.3) is 0 Å². The first-order chi connectivity index (χ1) is 5.29. The lowest BCUT2D eigenvalue weighted by atomic mass is 10.7. The molecule has 13 heavy (non-hydrogen) atoms. The molecule has 9 heteroatoms. The number of aliphatic carboxylic acids is 4. The fourth-order valence-corrected chi connectivity index (χ4v) is 0. The molecular weight excluding hydrogens is 187 g/mol. The van der Waals surface area contributed by atoms with Gasteiger partial charge in [-0.05, 0) is 0 Å². The van der Waals surface area contributed by atoms with Crippen LogP contribution in [0.15, 0.2) is 0 Å². The van der Waals surface area contributed by atoms with Crippen molar-refractivity contribution in [3.63, 3.8) is 0 Å². The molecule has 0 aliphatic heterocycles. The quantitative estimate of drug-likeness (QED) is 0.252. The van der Waals surface area contributed by atoms with Crippen LogP contribution in [0.3, 0.4) is 0 Å². The Morgan fingerprint density at radius 1 is 0.538 bits per heavy atom. The number of carboxylic acids is 4. The Hall–Kier alpha value is -2.06. The molecule has 0 rings (SSSR count). The first-order valence-electron chi connectivity index (χ1n) is 2.21. The van der Waals surface area contributed by atoms with E-state index in [-0.39, 0.29) is 8.41 Å². The van der Waals surface area contributed by atoms with Gasteiger partial charge in [-0.2, -0.15) is 0 Å². The second kappa shape index (κ2) is 8.05. The van der Waals surface area contributed by atoms with Crippen molar-refractivity contribution in [3.8, 4) is 0 Å². The van der Waals surface area contributed by atoms with E-state index in [0.29, 0.717) is 0 Å². The predicted molar refractivity (Wildman–Crippen MR) is 36.3 cm³/mol. The van der Waals surface area contributed by atoms with Crippen LogP contribution in [0.2, 0.25) is 0 Å². The highest BCUT2D eigenvalue weighted by Crippen LogP contribution is 1.56. The topological polar surface area (TPSA) is 149 Å². The Kier molecular flexibility index (Phi) is 10.6. The maximum Gasteiger partial charge on any atom is 0.414 e. The van der Waals surface area contributed by atoms with Gasteiger partial charge in [-0.15, -0.1) is 0 Å². The summed E-state index contributed by atoms with van der Waals surface area (Å²) in [6.07, 6.45) is 0. The summed E-state index contributed by atoms with van der Waals surface area (Å²) in [5.41, 5.74) is 0. The molecule has 0 aliphatic rings. The average Bonchev–Trinajstić information content (AvgIpc) is 1.88. The van der Waals surface area contributed by atoms with Crippen LogP contribution in [0.5, 0.6) is 0 Å². The zero-order valence-electron chi connectivity index (χ0n) is 6.00. The van der Waals surface area contributed by atoms with Gasteiger partial charge in [0.25, 0.3) is 0 Å². The van der Waals surface area contributed by atoms with Gasteiger partial charge < -0.3 is 20.4 Å². The summed E-state index contributed by atoms with van der Waals surface area (Å²) < 4.78 is 0. The lowest BCUT2D eigenvalue weighted by Crippen LogP contribution is -2.09. The van der Waals surface area contributed by atoms with Crippen molar-refractivity contribution in [1.82, 2.24) is 0 Å². The van der Waals surface area contributed by atoms with Gasteiger partial charge in [0.1, 0.15) is 0 Å². The molecule has 71 valence electrons. The lowest BCUT2D eigenvalue weighted by Gasteiger charge is -1.72. The minimum atomic E-state index is -1.82. The van der Waals surface area contributed by atoms with Crippen LogP contribution in [-0.2, 0) is 19.2 Å². The molecule has 0 aromatic heterocycles. The number of carbonyl (C=O) groups is 4. The summed E-state index contributed by atoms with van der Waals surface area (Å²) in [5, 5.41) is 29.6. The van der Waals surface area contributed by atoms with Gasteiger partial charge in [0.15, 0.2) is 0 Å². The number of hydrogen-bond acceptors (Lipinski definition) is 4. The zero-order valence-corrected chi connectivity index (χ0v) is 6.00. The molecule has 0 spiro atoms. The number of carboxylic acid groups (broad SMARTS) is 4. The Morgan fingerprint density at radius 3 is 0.615 bits per heavy atom. The fourth-order valence-electron chi connectivity index (χ4n) is 0. The molecule has 0 atom stereocenters. The molecule has 0 amide bonds. The van der Waals surface area contributed by atoms with Crippen molar-refractivity contribution < 1.29 is 39.6 Å². The second-order valence-corrected chi connectivity index (χ2v) is 1.22. The summed E-state index contributed by atoms with van der Waals surface area (Å²) >= 11 is 0. The third-order valence-electron chi connectivity index (χ3n) is 0.366. The molecule has 0 unspecified atom stereocenters. The SMILES string of the molecule is O=C(O)C(=O)O.O=C(O)C(=O)O.[B]. The van der Waals surface area contributed by atoms with Gasteiger partial charge in [-0.3, -0.25) is 0 Å². The minimum Gasteiger partial charge on any atom is -0.473 e. The number of hydrogen-bond donors (Lipinski definition) is 4. The van der Waals surface area contributed by atoms with Gasteiger partial charge >= 0.3 is 23.9 Å². The van der Waals surface area contributed by atoms with Crippen LogP contribution < -0.4 is 0 Å². The maximum absolute atomic E-state index is 9.10. The lowest BCUT2D eigenvalue weighted by molar-refractivity contribution is -0.159. The van der Waals surface area contributed by atoms with E-state index >= 15 is 0 Å². The molecule has 0 aromatic rings. The summed E-state index contributed by atoms with van der Waals surface area (Å²) in [4.78, 5) is 36.4.